The van der Waals surface area contributed by atoms with Crippen molar-refractivity contribution in [3.05, 3.63) is 57.8 Å². The number of carbonyl (C=O) groups is 1. The first-order valence-electron chi connectivity index (χ1n) is 8.49. The summed E-state index contributed by atoms with van der Waals surface area (Å²) in [6.45, 7) is 5.41. The molecule has 1 atom stereocenters. The van der Waals surface area contributed by atoms with Gasteiger partial charge in [0.2, 0.25) is 0 Å². The number of benzene rings is 1. The molecule has 1 unspecified atom stereocenters. The van der Waals surface area contributed by atoms with E-state index >= 15 is 0 Å². The van der Waals surface area contributed by atoms with Crippen LogP contribution < -0.4 is 16.0 Å². The lowest BCUT2D eigenvalue weighted by Crippen LogP contribution is -2.36. The predicted octanol–water partition coefficient (Wildman–Crippen LogP) is 3.76. The normalized spacial score (nSPS) is 12.0. The molecule has 1 aromatic carbocycles. The zero-order chi connectivity index (χ0) is 18.1. The van der Waals surface area contributed by atoms with Gasteiger partial charge in [-0.1, -0.05) is 25.1 Å². The van der Waals surface area contributed by atoms with Crippen LogP contribution in [0.1, 0.15) is 41.1 Å². The highest BCUT2D eigenvalue weighted by Gasteiger charge is 2.09. The van der Waals surface area contributed by atoms with Crippen LogP contribution in [0, 0.1) is 0 Å². The number of halogens is 1. The van der Waals surface area contributed by atoms with Crippen molar-refractivity contribution in [3.63, 3.8) is 0 Å². The number of carbonyl (C=O) groups excluding carboxylic acids is 1. The van der Waals surface area contributed by atoms with Gasteiger partial charge in [0.1, 0.15) is 0 Å². The van der Waals surface area contributed by atoms with Crippen molar-refractivity contribution in [2.24, 2.45) is 4.99 Å². The van der Waals surface area contributed by atoms with Crippen LogP contribution in [0.25, 0.3) is 0 Å². The average Bonchev–Trinajstić information content (AvgIpc) is 3.15. The minimum Gasteiger partial charge on any atom is -0.352 e. The van der Waals surface area contributed by atoms with Gasteiger partial charge in [0.15, 0.2) is 5.96 Å². The molecule has 0 aliphatic rings. The molecular formula is C19H27IN4OS. The molecule has 0 fully saturated rings. The van der Waals surface area contributed by atoms with E-state index in [0.29, 0.717) is 12.1 Å². The Kier molecular flexibility index (Phi) is 10.3. The molecule has 1 heterocycles. The van der Waals surface area contributed by atoms with Gasteiger partial charge in [-0.15, -0.1) is 35.3 Å². The third-order valence-electron chi connectivity index (χ3n) is 3.87. The third kappa shape index (κ3) is 7.33. The van der Waals surface area contributed by atoms with Gasteiger partial charge in [0.25, 0.3) is 5.91 Å². The minimum absolute atomic E-state index is 0. The van der Waals surface area contributed by atoms with Gasteiger partial charge in [-0.3, -0.25) is 9.79 Å². The van der Waals surface area contributed by atoms with Gasteiger partial charge in [-0.2, -0.15) is 0 Å². The zero-order valence-corrected chi connectivity index (χ0v) is 18.6. The maximum absolute atomic E-state index is 12.2. The lowest BCUT2D eigenvalue weighted by atomic mass is 10.1. The Hall–Kier alpha value is -1.61. The highest BCUT2D eigenvalue weighted by atomic mass is 127. The van der Waals surface area contributed by atoms with Crippen molar-refractivity contribution in [2.45, 2.75) is 39.4 Å². The number of rotatable bonds is 7. The highest BCUT2D eigenvalue weighted by Crippen LogP contribution is 2.08. The molecule has 0 aliphatic heterocycles. The third-order valence-corrected chi connectivity index (χ3v) is 4.75. The van der Waals surface area contributed by atoms with E-state index in [0.717, 1.165) is 24.5 Å². The number of hydrogen-bond acceptors (Lipinski definition) is 3. The monoisotopic (exact) mass is 486 g/mol. The first kappa shape index (κ1) is 22.4. The lowest BCUT2D eigenvalue weighted by Gasteiger charge is -2.13. The Morgan fingerprint density at radius 3 is 2.62 bits per heavy atom. The fraction of sp³-hybridized carbons (Fsp3) is 0.368. The molecule has 0 bridgehead atoms. The van der Waals surface area contributed by atoms with E-state index in [1.54, 1.807) is 18.4 Å². The second kappa shape index (κ2) is 11.9. The molecule has 2 rings (SSSR count). The Labute approximate surface area is 176 Å². The van der Waals surface area contributed by atoms with Crippen LogP contribution in [0.5, 0.6) is 0 Å². The number of thiophene rings is 1. The van der Waals surface area contributed by atoms with Crippen LogP contribution in [0.15, 0.2) is 46.8 Å². The first-order valence-corrected chi connectivity index (χ1v) is 9.37. The largest absolute Gasteiger partial charge is 0.352 e. The highest BCUT2D eigenvalue weighted by molar-refractivity contribution is 14.0. The van der Waals surface area contributed by atoms with E-state index in [4.69, 9.17) is 0 Å². The number of amides is 1. The molecule has 5 nitrogen and oxygen atoms in total. The summed E-state index contributed by atoms with van der Waals surface area (Å²) in [6, 6.07) is 12.0. The molecule has 0 aliphatic carbocycles. The van der Waals surface area contributed by atoms with E-state index in [1.807, 2.05) is 37.3 Å². The zero-order valence-electron chi connectivity index (χ0n) is 15.4. The summed E-state index contributed by atoms with van der Waals surface area (Å²) < 4.78 is 0. The Morgan fingerprint density at radius 2 is 1.96 bits per heavy atom. The van der Waals surface area contributed by atoms with Gasteiger partial charge in [0.05, 0.1) is 6.54 Å². The van der Waals surface area contributed by atoms with Crippen LogP contribution in [-0.4, -0.2) is 25.0 Å². The summed E-state index contributed by atoms with van der Waals surface area (Å²) in [5.41, 5.74) is 1.72. The maximum Gasteiger partial charge on any atom is 0.251 e. The Morgan fingerprint density at radius 1 is 1.19 bits per heavy atom. The van der Waals surface area contributed by atoms with Crippen LogP contribution in [0.3, 0.4) is 0 Å². The molecule has 0 radical (unpaired) electrons. The van der Waals surface area contributed by atoms with Gasteiger partial charge in [0, 0.05) is 30.1 Å². The summed E-state index contributed by atoms with van der Waals surface area (Å²) in [4.78, 5) is 17.7. The van der Waals surface area contributed by atoms with Crippen molar-refractivity contribution in [1.82, 2.24) is 16.0 Å². The number of hydrogen-bond donors (Lipinski definition) is 3. The van der Waals surface area contributed by atoms with Gasteiger partial charge in [-0.25, -0.2) is 0 Å². The van der Waals surface area contributed by atoms with Gasteiger partial charge < -0.3 is 16.0 Å². The number of guanidine groups is 1. The topological polar surface area (TPSA) is 65.5 Å². The van der Waals surface area contributed by atoms with E-state index in [-0.39, 0.29) is 35.9 Å². The molecule has 0 spiro atoms. The molecular weight excluding hydrogens is 459 g/mol. The molecule has 142 valence electrons. The summed E-state index contributed by atoms with van der Waals surface area (Å²) in [5.74, 6) is 0.708. The van der Waals surface area contributed by atoms with Crippen molar-refractivity contribution >= 4 is 47.2 Å². The van der Waals surface area contributed by atoms with Crippen LogP contribution in [0.4, 0.5) is 0 Å². The van der Waals surface area contributed by atoms with Crippen molar-refractivity contribution in [3.8, 4) is 0 Å². The summed E-state index contributed by atoms with van der Waals surface area (Å²) in [6.07, 6.45) is 0.916. The quantitative estimate of drug-likeness (QED) is 0.317. The number of nitrogens with one attached hydrogen (secondary N) is 3. The fourth-order valence-electron chi connectivity index (χ4n) is 2.22. The minimum atomic E-state index is -0.0311. The van der Waals surface area contributed by atoms with Crippen molar-refractivity contribution in [1.29, 1.82) is 0 Å². The fourth-order valence-corrected chi connectivity index (χ4v) is 2.87. The summed E-state index contributed by atoms with van der Waals surface area (Å²) >= 11 is 1.71. The molecule has 0 saturated carbocycles. The number of aliphatic imine (C=N–C) groups is 1. The molecule has 2 aromatic rings. The van der Waals surface area contributed by atoms with E-state index in [9.17, 15) is 4.79 Å². The Balaban J connectivity index is 0.00000338. The first-order chi connectivity index (χ1) is 12.1. The molecule has 0 saturated heterocycles. The molecule has 7 heteroatoms. The second-order valence-corrected chi connectivity index (χ2v) is 6.87. The molecule has 3 N–H and O–H groups in total. The standard InChI is InChI=1S/C19H26N4OS.HI/c1-4-14(2)23-18(24)16-8-5-7-15(11-16)12-21-19(20-3)22-13-17-9-6-10-25-17;/h5-11,14H,4,12-13H2,1-3H3,(H,23,24)(H2,20,21,22);1H. The van der Waals surface area contributed by atoms with Gasteiger partial charge >= 0.3 is 0 Å². The smallest absolute Gasteiger partial charge is 0.251 e. The van der Waals surface area contributed by atoms with E-state index in [1.165, 1.54) is 4.88 Å². The van der Waals surface area contributed by atoms with Gasteiger partial charge in [-0.05, 0) is 42.5 Å². The predicted molar refractivity (Wildman–Crippen MR) is 120 cm³/mol. The van der Waals surface area contributed by atoms with Crippen LogP contribution in [0.2, 0.25) is 0 Å². The van der Waals surface area contributed by atoms with Crippen molar-refractivity contribution in [2.75, 3.05) is 7.05 Å². The SMILES string of the molecule is CCC(C)NC(=O)c1cccc(CNC(=NC)NCc2cccs2)c1.I. The summed E-state index contributed by atoms with van der Waals surface area (Å²) in [5, 5.41) is 11.6. The molecule has 26 heavy (non-hydrogen) atoms. The van der Waals surface area contributed by atoms with Crippen LogP contribution in [-0.2, 0) is 13.1 Å². The Bertz CT molecular complexity index is 703. The summed E-state index contributed by atoms with van der Waals surface area (Å²) in [7, 11) is 1.75. The van der Waals surface area contributed by atoms with Crippen molar-refractivity contribution < 1.29 is 4.79 Å². The number of nitrogens with zero attached hydrogens (tertiary/aromatic N) is 1. The molecule has 1 aromatic heterocycles. The van der Waals surface area contributed by atoms with E-state index in [2.05, 4.69) is 39.3 Å². The average molecular weight is 486 g/mol. The van der Waals surface area contributed by atoms with Crippen LogP contribution >= 0.6 is 35.3 Å². The molecule has 1 amide bonds. The maximum atomic E-state index is 12.2. The van der Waals surface area contributed by atoms with E-state index < -0.39 is 0 Å². The lowest BCUT2D eigenvalue weighted by molar-refractivity contribution is 0.0939. The second-order valence-electron chi connectivity index (χ2n) is 5.84.